The van der Waals surface area contributed by atoms with Crippen molar-refractivity contribution in [3.8, 4) is 0 Å². The monoisotopic (exact) mass is 313 g/mol. The van der Waals surface area contributed by atoms with Gasteiger partial charge in [-0.1, -0.05) is 0 Å². The number of nitrogens with one attached hydrogen (secondary N) is 1. The Bertz CT molecular complexity index is 580. The molecule has 88 valence electrons. The number of hydrogen-bond donors (Lipinski definition) is 1. The fourth-order valence-corrected chi connectivity index (χ4v) is 2.32. The molecule has 0 unspecified atom stereocenters. The maximum atomic E-state index is 11.7. The summed E-state index contributed by atoms with van der Waals surface area (Å²) >= 11 is 4.49. The molecule has 0 bridgehead atoms. The van der Waals surface area contributed by atoms with Gasteiger partial charge in [0.15, 0.2) is 0 Å². The lowest BCUT2D eigenvalue weighted by Gasteiger charge is -2.06. The Morgan fingerprint density at radius 2 is 2.35 bits per heavy atom. The van der Waals surface area contributed by atoms with Gasteiger partial charge in [-0.2, -0.15) is 0 Å². The van der Waals surface area contributed by atoms with Gasteiger partial charge in [0.25, 0.3) is 11.5 Å². The van der Waals surface area contributed by atoms with E-state index >= 15 is 0 Å². The highest BCUT2D eigenvalue weighted by Crippen LogP contribution is 2.12. The Kier molecular flexibility index (Phi) is 3.39. The minimum atomic E-state index is -0.295. The molecule has 2 heterocycles. The molecule has 1 N–H and O–H groups in total. The van der Waals surface area contributed by atoms with Crippen molar-refractivity contribution in [3.63, 3.8) is 0 Å². The van der Waals surface area contributed by atoms with Crippen LogP contribution in [0.15, 0.2) is 32.4 Å². The Morgan fingerprint density at radius 1 is 1.59 bits per heavy atom. The van der Waals surface area contributed by atoms with Crippen LogP contribution in [0.2, 0.25) is 0 Å². The maximum Gasteiger partial charge on any atom is 0.275 e. The van der Waals surface area contributed by atoms with E-state index in [4.69, 9.17) is 0 Å². The zero-order valence-corrected chi connectivity index (χ0v) is 11.2. The number of hydrogen-bond acceptors (Lipinski definition) is 4. The van der Waals surface area contributed by atoms with Crippen LogP contribution in [0, 0.1) is 0 Å². The average molecular weight is 314 g/mol. The van der Waals surface area contributed by atoms with Crippen molar-refractivity contribution in [2.75, 3.05) is 5.32 Å². The maximum absolute atomic E-state index is 11.7. The number of aryl methyl sites for hydroxylation is 1. The van der Waals surface area contributed by atoms with Crippen LogP contribution >= 0.6 is 27.3 Å². The normalized spacial score (nSPS) is 10.2. The van der Waals surface area contributed by atoms with Crippen LogP contribution in [0.4, 0.5) is 5.69 Å². The van der Waals surface area contributed by atoms with Crippen LogP contribution in [-0.4, -0.2) is 15.5 Å². The van der Waals surface area contributed by atoms with Crippen LogP contribution < -0.4 is 10.9 Å². The van der Waals surface area contributed by atoms with Gasteiger partial charge in [-0.15, -0.1) is 11.3 Å². The van der Waals surface area contributed by atoms with E-state index < -0.39 is 0 Å². The molecule has 17 heavy (non-hydrogen) atoms. The van der Waals surface area contributed by atoms with Crippen molar-refractivity contribution >= 4 is 38.9 Å². The van der Waals surface area contributed by atoms with Crippen molar-refractivity contribution in [3.05, 3.63) is 43.7 Å². The zero-order valence-electron chi connectivity index (χ0n) is 8.81. The second-order valence-electron chi connectivity index (χ2n) is 3.32. The van der Waals surface area contributed by atoms with Crippen molar-refractivity contribution in [2.24, 2.45) is 7.05 Å². The van der Waals surface area contributed by atoms with Crippen molar-refractivity contribution in [2.45, 2.75) is 0 Å². The predicted octanol–water partition coefficient (Wildman–Crippen LogP) is 1.86. The molecule has 1 amide bonds. The highest BCUT2D eigenvalue weighted by atomic mass is 79.9. The smallest absolute Gasteiger partial charge is 0.275 e. The van der Waals surface area contributed by atoms with E-state index in [-0.39, 0.29) is 11.5 Å². The van der Waals surface area contributed by atoms with Gasteiger partial charge in [0.05, 0.1) is 15.7 Å². The van der Waals surface area contributed by atoms with Crippen LogP contribution in [0.5, 0.6) is 0 Å². The topological polar surface area (TPSA) is 64.0 Å². The molecule has 0 atom stereocenters. The van der Waals surface area contributed by atoms with E-state index in [1.807, 2.05) is 0 Å². The van der Waals surface area contributed by atoms with Gasteiger partial charge < -0.3 is 9.88 Å². The molecule has 5 nitrogen and oxygen atoms in total. The van der Waals surface area contributed by atoms with E-state index in [0.717, 1.165) is 0 Å². The molecule has 0 saturated carbocycles. The highest BCUT2D eigenvalue weighted by molar-refractivity contribution is 9.10. The van der Waals surface area contributed by atoms with E-state index in [0.29, 0.717) is 15.9 Å². The molecular weight excluding hydrogens is 306 g/mol. The predicted molar refractivity (Wildman–Crippen MR) is 69.5 cm³/mol. The number of anilines is 1. The summed E-state index contributed by atoms with van der Waals surface area (Å²) in [6, 6.07) is 1.56. The van der Waals surface area contributed by atoms with Gasteiger partial charge in [-0.05, 0) is 22.0 Å². The Balaban J connectivity index is 2.25. The number of thiazole rings is 1. The van der Waals surface area contributed by atoms with Gasteiger partial charge >= 0.3 is 0 Å². The molecular formula is C10H8BrN3O2S. The molecule has 0 fully saturated rings. The number of pyridine rings is 1. The molecule has 0 aromatic carbocycles. The standard InChI is InChI=1S/C10H8BrN3O2S/c1-14-3-6(2-7(11)10(14)16)13-9(15)8-4-17-5-12-8/h2-5H,1H3,(H,13,15). The van der Waals surface area contributed by atoms with Gasteiger partial charge in [0.2, 0.25) is 0 Å². The summed E-state index contributed by atoms with van der Waals surface area (Å²) in [7, 11) is 1.62. The first-order chi connectivity index (χ1) is 8.08. The van der Waals surface area contributed by atoms with Crippen molar-refractivity contribution in [1.82, 2.24) is 9.55 Å². The number of amides is 1. The Labute approximate surface area is 109 Å². The summed E-state index contributed by atoms with van der Waals surface area (Å²) < 4.78 is 1.79. The van der Waals surface area contributed by atoms with Gasteiger partial charge in [-0.25, -0.2) is 4.98 Å². The van der Waals surface area contributed by atoms with Gasteiger partial charge in [0, 0.05) is 18.6 Å². The molecule has 7 heteroatoms. The minimum Gasteiger partial charge on any atom is -0.319 e. The van der Waals surface area contributed by atoms with Crippen LogP contribution in [0.25, 0.3) is 0 Å². The molecule has 2 rings (SSSR count). The molecule has 2 aromatic rings. The first-order valence-electron chi connectivity index (χ1n) is 4.63. The van der Waals surface area contributed by atoms with E-state index in [2.05, 4.69) is 26.2 Å². The van der Waals surface area contributed by atoms with Crippen LogP contribution in [0.3, 0.4) is 0 Å². The molecule has 0 spiro atoms. The van der Waals surface area contributed by atoms with E-state index in [1.165, 1.54) is 15.9 Å². The average Bonchev–Trinajstić information content (AvgIpc) is 2.79. The summed E-state index contributed by atoms with van der Waals surface area (Å²) in [6.45, 7) is 0. The zero-order chi connectivity index (χ0) is 12.4. The molecule has 0 aliphatic rings. The number of carbonyl (C=O) groups is 1. The molecule has 2 aromatic heterocycles. The Morgan fingerprint density at radius 3 is 2.94 bits per heavy atom. The fourth-order valence-electron chi connectivity index (χ4n) is 1.26. The van der Waals surface area contributed by atoms with E-state index in [9.17, 15) is 9.59 Å². The lowest BCUT2D eigenvalue weighted by molar-refractivity contribution is 0.102. The van der Waals surface area contributed by atoms with Gasteiger partial charge in [0.1, 0.15) is 5.69 Å². The summed E-state index contributed by atoms with van der Waals surface area (Å²) in [6.07, 6.45) is 1.55. The third-order valence-corrected chi connectivity index (χ3v) is 3.22. The third-order valence-electron chi connectivity index (χ3n) is 2.06. The van der Waals surface area contributed by atoms with Crippen molar-refractivity contribution in [1.29, 1.82) is 0 Å². The lowest BCUT2D eigenvalue weighted by atomic mass is 10.3. The van der Waals surface area contributed by atoms with Crippen LogP contribution in [0.1, 0.15) is 10.5 Å². The number of nitrogens with zero attached hydrogens (tertiary/aromatic N) is 2. The van der Waals surface area contributed by atoms with Gasteiger partial charge in [-0.3, -0.25) is 9.59 Å². The molecule has 0 saturated heterocycles. The Hall–Kier alpha value is -1.47. The quantitative estimate of drug-likeness (QED) is 0.920. The number of aromatic nitrogens is 2. The first kappa shape index (κ1) is 12.0. The van der Waals surface area contributed by atoms with Crippen molar-refractivity contribution < 1.29 is 4.79 Å². The summed E-state index contributed by atoms with van der Waals surface area (Å²) in [5, 5.41) is 4.33. The molecule has 0 aliphatic carbocycles. The number of carbonyl (C=O) groups excluding carboxylic acids is 1. The molecule has 0 aliphatic heterocycles. The summed E-state index contributed by atoms with van der Waals surface area (Å²) in [4.78, 5) is 27.0. The summed E-state index contributed by atoms with van der Waals surface area (Å²) in [5.74, 6) is -0.295. The number of halogens is 1. The second kappa shape index (κ2) is 4.80. The SMILES string of the molecule is Cn1cc(NC(=O)c2cscn2)cc(Br)c1=O. The minimum absolute atomic E-state index is 0.156. The van der Waals surface area contributed by atoms with E-state index in [1.54, 1.807) is 30.2 Å². The van der Waals surface area contributed by atoms with Crippen LogP contribution in [-0.2, 0) is 7.05 Å². The third kappa shape index (κ3) is 2.62. The molecule has 0 radical (unpaired) electrons. The lowest BCUT2D eigenvalue weighted by Crippen LogP contribution is -2.19. The highest BCUT2D eigenvalue weighted by Gasteiger charge is 2.09. The summed E-state index contributed by atoms with van der Waals surface area (Å²) in [5.41, 5.74) is 2.33. The fraction of sp³-hybridized carbons (Fsp3) is 0.100. The largest absolute Gasteiger partial charge is 0.319 e. The number of rotatable bonds is 2. The second-order valence-corrected chi connectivity index (χ2v) is 4.89. The first-order valence-corrected chi connectivity index (χ1v) is 6.37.